The summed E-state index contributed by atoms with van der Waals surface area (Å²) in [7, 11) is 0. The van der Waals surface area contributed by atoms with Crippen LogP contribution in [0.3, 0.4) is 0 Å². The van der Waals surface area contributed by atoms with Gasteiger partial charge >= 0.3 is 12.1 Å². The lowest BCUT2D eigenvalue weighted by Gasteiger charge is -1.80. The number of carboxylic acid groups (broad SMARTS) is 3. The number of hydrogen-bond acceptors (Lipinski definition) is 3. The van der Waals surface area contributed by atoms with Crippen molar-refractivity contribution >= 4 is 17.9 Å². The minimum Gasteiger partial charge on any atom is -0.481 e. The Labute approximate surface area is 62.1 Å². The lowest BCUT2D eigenvalue weighted by Crippen LogP contribution is -2.00. The fourth-order valence-corrected chi connectivity index (χ4v) is 0.213. The summed E-state index contributed by atoms with van der Waals surface area (Å²) in [4.78, 5) is 28.0. The van der Waals surface area contributed by atoms with Crippen LogP contribution < -0.4 is 0 Å². The van der Waals surface area contributed by atoms with Crippen molar-refractivity contribution in [2.75, 3.05) is 0 Å². The van der Waals surface area contributed by atoms with Crippen LogP contribution in [-0.4, -0.2) is 33.2 Å². The molecule has 64 valence electrons. The Morgan fingerprint density at radius 3 is 1.36 bits per heavy atom. The Bertz CT molecular complexity index is 144. The van der Waals surface area contributed by atoms with Gasteiger partial charge in [-0.25, -0.2) is 4.79 Å². The molecule has 0 saturated heterocycles. The summed E-state index contributed by atoms with van der Waals surface area (Å²) in [6, 6.07) is 0. The molecular formula is C5H8O6. The van der Waals surface area contributed by atoms with E-state index in [-0.39, 0.29) is 12.2 Å². The van der Waals surface area contributed by atoms with Crippen molar-refractivity contribution in [1.82, 2.24) is 0 Å². The van der Waals surface area contributed by atoms with E-state index < -0.39 is 12.1 Å². The molecule has 0 amide bonds. The zero-order valence-corrected chi connectivity index (χ0v) is 5.77. The summed E-state index contributed by atoms with van der Waals surface area (Å²) in [6.45, 7) is 1.24. The molecule has 0 radical (unpaired) electrons. The van der Waals surface area contributed by atoms with Gasteiger partial charge in [-0.15, -0.1) is 0 Å². The topological polar surface area (TPSA) is 112 Å². The smallest absolute Gasteiger partial charge is 0.481 e. The third kappa shape index (κ3) is 59.5. The Morgan fingerprint density at radius 1 is 1.09 bits per heavy atom. The molecule has 0 aliphatic heterocycles. The van der Waals surface area contributed by atoms with E-state index in [4.69, 9.17) is 20.1 Å². The van der Waals surface area contributed by atoms with E-state index in [9.17, 15) is 9.59 Å². The van der Waals surface area contributed by atoms with Gasteiger partial charge in [0.2, 0.25) is 0 Å². The fraction of sp³-hybridized carbons (Fsp3) is 0.400. The second-order valence-electron chi connectivity index (χ2n) is 1.56. The summed E-state index contributed by atoms with van der Waals surface area (Å²) < 4.78 is 0. The van der Waals surface area contributed by atoms with Crippen LogP contribution in [0, 0.1) is 0 Å². The number of ketones is 1. The maximum atomic E-state index is 9.87. The summed E-state index contributed by atoms with van der Waals surface area (Å²) in [6.07, 6.45) is -2.19. The van der Waals surface area contributed by atoms with Gasteiger partial charge in [-0.3, -0.25) is 9.59 Å². The molecule has 0 atom stereocenters. The van der Waals surface area contributed by atoms with E-state index >= 15 is 0 Å². The van der Waals surface area contributed by atoms with E-state index in [1.807, 2.05) is 0 Å². The molecule has 0 spiro atoms. The first kappa shape index (κ1) is 12.1. The van der Waals surface area contributed by atoms with Crippen molar-refractivity contribution in [1.29, 1.82) is 0 Å². The van der Waals surface area contributed by atoms with E-state index in [0.717, 1.165) is 0 Å². The summed E-state index contributed by atoms with van der Waals surface area (Å²) in [5, 5.41) is 21.8. The second kappa shape index (κ2) is 6.53. The Morgan fingerprint density at radius 2 is 1.36 bits per heavy atom. The van der Waals surface area contributed by atoms with Gasteiger partial charge in [0.25, 0.3) is 0 Å². The zero-order chi connectivity index (χ0) is 9.44. The molecule has 6 heteroatoms. The number of Topliss-reactive ketones (excluding diaryl/α,β-unsaturated/α-hetero) is 1. The third-order valence-corrected chi connectivity index (χ3v) is 0.400. The lowest BCUT2D eigenvalue weighted by molar-refractivity contribution is -0.139. The van der Waals surface area contributed by atoms with Crippen LogP contribution in [0.15, 0.2) is 0 Å². The first-order valence-corrected chi connectivity index (χ1v) is 2.49. The summed E-state index contributed by atoms with van der Waals surface area (Å²) >= 11 is 0. The van der Waals surface area contributed by atoms with Gasteiger partial charge in [-0.2, -0.15) is 0 Å². The highest BCUT2D eigenvalue weighted by Crippen LogP contribution is 1.77. The largest absolute Gasteiger partial charge is 0.503 e. The minimum atomic E-state index is -1.83. The molecule has 6 nitrogen and oxygen atoms in total. The third-order valence-electron chi connectivity index (χ3n) is 0.400. The SMILES string of the molecule is CC(=O)CC(=O)O.O=C(O)O. The van der Waals surface area contributed by atoms with Gasteiger partial charge in [0.1, 0.15) is 12.2 Å². The highest BCUT2D eigenvalue weighted by atomic mass is 16.6. The molecule has 0 saturated carbocycles. The first-order chi connectivity index (χ1) is 4.86. The Hall–Kier alpha value is -1.59. The molecule has 3 N–H and O–H groups in total. The molecule has 0 bridgehead atoms. The van der Waals surface area contributed by atoms with E-state index in [0.29, 0.717) is 0 Å². The maximum absolute atomic E-state index is 9.87. The Balaban J connectivity index is 0. The molecule has 0 aliphatic carbocycles. The number of carbonyl (C=O) groups is 3. The maximum Gasteiger partial charge on any atom is 0.503 e. The first-order valence-electron chi connectivity index (χ1n) is 2.49. The van der Waals surface area contributed by atoms with Crippen molar-refractivity contribution in [2.24, 2.45) is 0 Å². The van der Waals surface area contributed by atoms with Crippen LogP contribution in [0.2, 0.25) is 0 Å². The standard InChI is InChI=1S/C4H6O3.CH2O3/c1-3(5)2-4(6)7;2-1(3)4/h2H2,1H3,(H,6,7);(H2,2,3,4). The average Bonchev–Trinajstić information content (AvgIpc) is 1.56. The molecule has 0 fully saturated rings. The number of carboxylic acids is 1. The van der Waals surface area contributed by atoms with Crippen molar-refractivity contribution in [3.63, 3.8) is 0 Å². The average molecular weight is 164 g/mol. The number of hydrogen-bond donors (Lipinski definition) is 3. The van der Waals surface area contributed by atoms with Gasteiger partial charge in [-0.1, -0.05) is 0 Å². The molecule has 0 aliphatic rings. The molecule has 11 heavy (non-hydrogen) atoms. The molecular weight excluding hydrogens is 156 g/mol. The fourth-order valence-electron chi connectivity index (χ4n) is 0.213. The van der Waals surface area contributed by atoms with Crippen molar-refractivity contribution < 1.29 is 29.7 Å². The number of aliphatic carboxylic acids is 1. The van der Waals surface area contributed by atoms with Crippen molar-refractivity contribution in [3.05, 3.63) is 0 Å². The number of rotatable bonds is 2. The molecule has 0 aromatic rings. The molecule has 0 heterocycles. The van der Waals surface area contributed by atoms with Crippen LogP contribution >= 0.6 is 0 Å². The number of carbonyl (C=O) groups excluding carboxylic acids is 1. The van der Waals surface area contributed by atoms with Crippen molar-refractivity contribution in [3.8, 4) is 0 Å². The van der Waals surface area contributed by atoms with Gasteiger partial charge in [0.15, 0.2) is 0 Å². The van der Waals surface area contributed by atoms with Gasteiger partial charge < -0.3 is 15.3 Å². The van der Waals surface area contributed by atoms with Gasteiger partial charge in [0, 0.05) is 0 Å². The van der Waals surface area contributed by atoms with Crippen LogP contribution in [-0.2, 0) is 9.59 Å². The van der Waals surface area contributed by atoms with Gasteiger partial charge in [-0.05, 0) is 6.92 Å². The van der Waals surface area contributed by atoms with Crippen LogP contribution in [0.4, 0.5) is 4.79 Å². The van der Waals surface area contributed by atoms with E-state index in [2.05, 4.69) is 0 Å². The van der Waals surface area contributed by atoms with Gasteiger partial charge in [0.05, 0.1) is 0 Å². The zero-order valence-electron chi connectivity index (χ0n) is 5.77. The van der Waals surface area contributed by atoms with Crippen LogP contribution in [0.25, 0.3) is 0 Å². The predicted octanol–water partition coefficient (Wildman–Crippen LogP) is 0.273. The molecule has 0 rings (SSSR count). The Kier molecular flexibility index (Phi) is 7.19. The quantitative estimate of drug-likeness (QED) is 0.505. The van der Waals surface area contributed by atoms with Crippen molar-refractivity contribution in [2.45, 2.75) is 13.3 Å². The molecule has 0 unspecified atom stereocenters. The second-order valence-corrected chi connectivity index (χ2v) is 1.56. The minimum absolute atomic E-state index is 0.312. The summed E-state index contributed by atoms with van der Waals surface area (Å²) in [5.41, 5.74) is 0. The van der Waals surface area contributed by atoms with E-state index in [1.165, 1.54) is 6.92 Å². The summed E-state index contributed by atoms with van der Waals surface area (Å²) in [5.74, 6) is -1.37. The van der Waals surface area contributed by atoms with E-state index in [1.54, 1.807) is 0 Å². The normalized spacial score (nSPS) is 7.36. The lowest BCUT2D eigenvalue weighted by atomic mass is 10.3. The molecule has 0 aromatic carbocycles. The molecule has 0 aromatic heterocycles. The van der Waals surface area contributed by atoms with Crippen LogP contribution in [0.1, 0.15) is 13.3 Å². The highest BCUT2D eigenvalue weighted by molar-refractivity contribution is 5.93. The monoisotopic (exact) mass is 164 g/mol. The highest BCUT2D eigenvalue weighted by Gasteiger charge is 1.98. The van der Waals surface area contributed by atoms with Crippen LogP contribution in [0.5, 0.6) is 0 Å². The predicted molar refractivity (Wildman–Crippen MR) is 33.6 cm³/mol.